The Hall–Kier alpha value is -0.890. The van der Waals surface area contributed by atoms with Crippen LogP contribution in [0.1, 0.15) is 31.4 Å². The fraction of sp³-hybridized carbons (Fsp3) is 0.545. The van der Waals surface area contributed by atoms with Gasteiger partial charge in [-0.05, 0) is 49.9 Å². The summed E-state index contributed by atoms with van der Waals surface area (Å²) in [5, 5.41) is 3.53. The van der Waals surface area contributed by atoms with E-state index < -0.39 is 0 Å². The summed E-state index contributed by atoms with van der Waals surface area (Å²) >= 11 is 0. The monoisotopic (exact) mass is 176 g/mol. The molecule has 0 bridgehead atoms. The van der Waals surface area contributed by atoms with E-state index in [0.29, 0.717) is 6.04 Å². The number of aromatic nitrogens is 1. The van der Waals surface area contributed by atoms with Crippen LogP contribution in [-0.4, -0.2) is 11.5 Å². The molecule has 1 aromatic rings. The SMILES string of the molecule is CC(NCC1CC1)c1ccncc1. The maximum Gasteiger partial charge on any atom is 0.0293 e. The van der Waals surface area contributed by atoms with E-state index in [1.807, 2.05) is 12.4 Å². The molecular weight excluding hydrogens is 160 g/mol. The maximum absolute atomic E-state index is 4.01. The van der Waals surface area contributed by atoms with Crippen LogP contribution in [0.3, 0.4) is 0 Å². The van der Waals surface area contributed by atoms with Crippen molar-refractivity contribution in [1.29, 1.82) is 0 Å². The molecule has 0 radical (unpaired) electrons. The first-order chi connectivity index (χ1) is 6.36. The lowest BCUT2D eigenvalue weighted by Gasteiger charge is -2.13. The summed E-state index contributed by atoms with van der Waals surface area (Å²) in [5.74, 6) is 0.948. The first-order valence-corrected chi connectivity index (χ1v) is 4.99. The zero-order chi connectivity index (χ0) is 9.10. The highest BCUT2D eigenvalue weighted by Crippen LogP contribution is 2.28. The van der Waals surface area contributed by atoms with Gasteiger partial charge in [-0.3, -0.25) is 4.98 Å². The van der Waals surface area contributed by atoms with E-state index in [2.05, 4.69) is 29.4 Å². The summed E-state index contributed by atoms with van der Waals surface area (Å²) in [5.41, 5.74) is 1.33. The Balaban J connectivity index is 1.85. The van der Waals surface area contributed by atoms with Gasteiger partial charge in [-0.2, -0.15) is 0 Å². The highest BCUT2D eigenvalue weighted by atomic mass is 14.9. The molecule has 1 heterocycles. The molecule has 1 aliphatic carbocycles. The van der Waals surface area contributed by atoms with E-state index in [0.717, 1.165) is 5.92 Å². The molecule has 1 unspecified atom stereocenters. The molecule has 1 N–H and O–H groups in total. The van der Waals surface area contributed by atoms with Crippen LogP contribution in [0, 0.1) is 5.92 Å². The standard InChI is InChI=1S/C11H16N2/c1-9(13-8-10-2-3-10)11-4-6-12-7-5-11/h4-7,9-10,13H,2-3,8H2,1H3. The molecule has 0 spiro atoms. The molecule has 0 aliphatic heterocycles. The minimum Gasteiger partial charge on any atom is -0.310 e. The Morgan fingerprint density at radius 3 is 2.77 bits per heavy atom. The average molecular weight is 176 g/mol. The van der Waals surface area contributed by atoms with Gasteiger partial charge in [0.1, 0.15) is 0 Å². The van der Waals surface area contributed by atoms with Gasteiger partial charge in [0.2, 0.25) is 0 Å². The van der Waals surface area contributed by atoms with Gasteiger partial charge in [0.05, 0.1) is 0 Å². The number of nitrogens with one attached hydrogen (secondary N) is 1. The first kappa shape index (κ1) is 8.70. The number of hydrogen-bond acceptors (Lipinski definition) is 2. The second-order valence-corrected chi connectivity index (χ2v) is 3.85. The lowest BCUT2D eigenvalue weighted by Crippen LogP contribution is -2.20. The van der Waals surface area contributed by atoms with Crippen molar-refractivity contribution >= 4 is 0 Å². The summed E-state index contributed by atoms with van der Waals surface area (Å²) in [6.07, 6.45) is 6.53. The third-order valence-electron chi connectivity index (χ3n) is 2.62. The number of pyridine rings is 1. The van der Waals surface area contributed by atoms with Crippen molar-refractivity contribution in [2.75, 3.05) is 6.54 Å². The molecule has 70 valence electrons. The molecule has 0 aromatic carbocycles. The van der Waals surface area contributed by atoms with E-state index >= 15 is 0 Å². The fourth-order valence-electron chi connectivity index (χ4n) is 1.44. The van der Waals surface area contributed by atoms with Crippen LogP contribution in [-0.2, 0) is 0 Å². The van der Waals surface area contributed by atoms with Crippen LogP contribution in [0.25, 0.3) is 0 Å². The molecule has 1 aliphatic rings. The van der Waals surface area contributed by atoms with E-state index in [1.165, 1.54) is 24.9 Å². The van der Waals surface area contributed by atoms with Gasteiger partial charge >= 0.3 is 0 Å². The molecule has 2 heteroatoms. The molecule has 1 aromatic heterocycles. The quantitative estimate of drug-likeness (QED) is 0.760. The van der Waals surface area contributed by atoms with Crippen LogP contribution in [0.4, 0.5) is 0 Å². The zero-order valence-corrected chi connectivity index (χ0v) is 8.03. The minimum absolute atomic E-state index is 0.462. The lowest BCUT2D eigenvalue weighted by molar-refractivity contribution is 0.548. The maximum atomic E-state index is 4.01. The fourth-order valence-corrected chi connectivity index (χ4v) is 1.44. The predicted octanol–water partition coefficient (Wildman–Crippen LogP) is 2.14. The first-order valence-electron chi connectivity index (χ1n) is 4.99. The highest BCUT2D eigenvalue weighted by Gasteiger charge is 2.21. The normalized spacial score (nSPS) is 18.5. The molecule has 1 atom stereocenters. The van der Waals surface area contributed by atoms with Crippen molar-refractivity contribution in [3.63, 3.8) is 0 Å². The van der Waals surface area contributed by atoms with Crippen molar-refractivity contribution in [2.45, 2.75) is 25.8 Å². The molecule has 0 saturated heterocycles. The predicted molar refractivity (Wildman–Crippen MR) is 53.4 cm³/mol. The van der Waals surface area contributed by atoms with Gasteiger partial charge < -0.3 is 5.32 Å². The van der Waals surface area contributed by atoms with Gasteiger partial charge in [0, 0.05) is 18.4 Å². The molecule has 2 nitrogen and oxygen atoms in total. The second-order valence-electron chi connectivity index (χ2n) is 3.85. The number of nitrogens with zero attached hydrogens (tertiary/aromatic N) is 1. The summed E-state index contributed by atoms with van der Waals surface area (Å²) in [6.45, 7) is 3.38. The van der Waals surface area contributed by atoms with E-state index in [4.69, 9.17) is 0 Å². The van der Waals surface area contributed by atoms with Crippen LogP contribution in [0.15, 0.2) is 24.5 Å². The molecule has 1 saturated carbocycles. The van der Waals surface area contributed by atoms with Crippen LogP contribution < -0.4 is 5.32 Å². The van der Waals surface area contributed by atoms with Crippen molar-refractivity contribution in [3.8, 4) is 0 Å². The van der Waals surface area contributed by atoms with Crippen LogP contribution in [0.5, 0.6) is 0 Å². The summed E-state index contributed by atoms with van der Waals surface area (Å²) in [4.78, 5) is 4.01. The average Bonchev–Trinajstić information content (AvgIpc) is 2.99. The Morgan fingerprint density at radius 1 is 1.46 bits per heavy atom. The Kier molecular flexibility index (Phi) is 2.60. The molecular formula is C11H16N2. The Morgan fingerprint density at radius 2 is 2.15 bits per heavy atom. The van der Waals surface area contributed by atoms with Crippen LogP contribution >= 0.6 is 0 Å². The molecule has 1 fully saturated rings. The minimum atomic E-state index is 0.462. The van der Waals surface area contributed by atoms with Crippen LogP contribution in [0.2, 0.25) is 0 Å². The Labute approximate surface area is 79.4 Å². The van der Waals surface area contributed by atoms with E-state index in [1.54, 1.807) is 0 Å². The van der Waals surface area contributed by atoms with E-state index in [9.17, 15) is 0 Å². The van der Waals surface area contributed by atoms with Gasteiger partial charge in [-0.15, -0.1) is 0 Å². The molecule has 0 amide bonds. The number of hydrogen-bond donors (Lipinski definition) is 1. The second kappa shape index (κ2) is 3.88. The highest BCUT2D eigenvalue weighted by molar-refractivity contribution is 5.13. The third kappa shape index (κ3) is 2.52. The van der Waals surface area contributed by atoms with Gasteiger partial charge in [0.25, 0.3) is 0 Å². The van der Waals surface area contributed by atoms with E-state index in [-0.39, 0.29) is 0 Å². The molecule has 2 rings (SSSR count). The van der Waals surface area contributed by atoms with Crippen molar-refractivity contribution in [1.82, 2.24) is 10.3 Å². The summed E-state index contributed by atoms with van der Waals surface area (Å²) in [6, 6.07) is 4.61. The zero-order valence-electron chi connectivity index (χ0n) is 8.03. The van der Waals surface area contributed by atoms with Gasteiger partial charge in [0.15, 0.2) is 0 Å². The summed E-state index contributed by atoms with van der Waals surface area (Å²) in [7, 11) is 0. The van der Waals surface area contributed by atoms with Gasteiger partial charge in [-0.25, -0.2) is 0 Å². The Bertz CT molecular complexity index is 254. The third-order valence-corrected chi connectivity index (χ3v) is 2.62. The van der Waals surface area contributed by atoms with Crippen molar-refractivity contribution in [3.05, 3.63) is 30.1 Å². The lowest BCUT2D eigenvalue weighted by atomic mass is 10.1. The summed E-state index contributed by atoms with van der Waals surface area (Å²) < 4.78 is 0. The van der Waals surface area contributed by atoms with Crippen molar-refractivity contribution < 1.29 is 0 Å². The largest absolute Gasteiger partial charge is 0.310 e. The smallest absolute Gasteiger partial charge is 0.0293 e. The van der Waals surface area contributed by atoms with Gasteiger partial charge in [-0.1, -0.05) is 0 Å². The molecule has 13 heavy (non-hydrogen) atoms. The topological polar surface area (TPSA) is 24.9 Å². The number of rotatable bonds is 4. The van der Waals surface area contributed by atoms with Crippen molar-refractivity contribution in [2.24, 2.45) is 5.92 Å².